The Morgan fingerprint density at radius 1 is 1.05 bits per heavy atom. The molecular weight excluding hydrogens is 280 g/mol. The molecule has 0 saturated carbocycles. The second kappa shape index (κ2) is 4.79. The molecule has 4 aromatic rings. The fraction of sp³-hybridized carbons (Fsp3) is 0.0625. The van der Waals surface area contributed by atoms with E-state index in [0.717, 1.165) is 27.6 Å². The average molecular weight is 292 g/mol. The molecule has 0 aliphatic rings. The van der Waals surface area contributed by atoms with E-state index in [1.807, 2.05) is 30.5 Å². The van der Waals surface area contributed by atoms with Crippen LogP contribution in [-0.4, -0.2) is 19.5 Å². The summed E-state index contributed by atoms with van der Waals surface area (Å²) in [5.41, 5.74) is 2.75. The van der Waals surface area contributed by atoms with Gasteiger partial charge in [-0.05, 0) is 43.3 Å². The Morgan fingerprint density at radius 3 is 2.71 bits per heavy atom. The maximum Gasteiger partial charge on any atom is 0.165 e. The number of imidazole rings is 1. The number of nitrogens with zero attached hydrogens (tertiary/aromatic N) is 4. The van der Waals surface area contributed by atoms with E-state index >= 15 is 0 Å². The lowest BCUT2D eigenvalue weighted by molar-refractivity contribution is 1.10. The van der Waals surface area contributed by atoms with Gasteiger partial charge >= 0.3 is 0 Å². The van der Waals surface area contributed by atoms with E-state index in [0.29, 0.717) is 0 Å². The zero-order chi connectivity index (χ0) is 14.2. The van der Waals surface area contributed by atoms with E-state index in [1.165, 1.54) is 4.88 Å². The van der Waals surface area contributed by atoms with E-state index in [4.69, 9.17) is 4.98 Å². The summed E-state index contributed by atoms with van der Waals surface area (Å²) in [6, 6.07) is 12.1. The number of aryl methyl sites for hydroxylation is 1. The molecule has 0 radical (unpaired) electrons. The molecule has 0 aliphatic carbocycles. The van der Waals surface area contributed by atoms with Crippen LogP contribution in [0.2, 0.25) is 0 Å². The topological polar surface area (TPSA) is 43.6 Å². The number of hydrogen-bond acceptors (Lipinski definition) is 4. The minimum Gasteiger partial charge on any atom is -0.267 e. The van der Waals surface area contributed by atoms with Crippen molar-refractivity contribution in [1.29, 1.82) is 0 Å². The molecule has 0 atom stereocenters. The number of pyridine rings is 2. The molecule has 0 fully saturated rings. The van der Waals surface area contributed by atoms with E-state index < -0.39 is 0 Å². The highest BCUT2D eigenvalue weighted by Gasteiger charge is 2.16. The molecule has 0 aromatic carbocycles. The molecule has 0 saturated heterocycles. The molecule has 4 aromatic heterocycles. The van der Waals surface area contributed by atoms with E-state index in [9.17, 15) is 0 Å². The molecule has 4 rings (SSSR count). The van der Waals surface area contributed by atoms with Crippen molar-refractivity contribution in [1.82, 2.24) is 19.5 Å². The first-order chi connectivity index (χ1) is 10.3. The molecule has 21 heavy (non-hydrogen) atoms. The fourth-order valence-electron chi connectivity index (χ4n) is 2.35. The molecule has 0 amide bonds. The maximum atomic E-state index is 4.74. The zero-order valence-corrected chi connectivity index (χ0v) is 12.2. The van der Waals surface area contributed by atoms with E-state index in [-0.39, 0.29) is 0 Å². The summed E-state index contributed by atoms with van der Waals surface area (Å²) in [7, 11) is 0. The lowest BCUT2D eigenvalue weighted by atomic mass is 10.3. The van der Waals surface area contributed by atoms with Crippen LogP contribution in [0, 0.1) is 6.92 Å². The fourth-order valence-corrected chi connectivity index (χ4v) is 3.22. The van der Waals surface area contributed by atoms with Gasteiger partial charge in [-0.25, -0.2) is 9.97 Å². The molecule has 0 bridgehead atoms. The molecule has 4 heterocycles. The van der Waals surface area contributed by atoms with Crippen molar-refractivity contribution >= 4 is 22.5 Å². The maximum absolute atomic E-state index is 4.74. The molecule has 0 unspecified atom stereocenters. The first kappa shape index (κ1) is 12.2. The van der Waals surface area contributed by atoms with Crippen LogP contribution in [0.1, 0.15) is 4.88 Å². The Balaban J connectivity index is 2.06. The number of rotatable bonds is 2. The first-order valence-corrected chi connectivity index (χ1v) is 7.45. The van der Waals surface area contributed by atoms with E-state index in [1.54, 1.807) is 23.7 Å². The van der Waals surface area contributed by atoms with Gasteiger partial charge in [-0.15, -0.1) is 11.3 Å². The summed E-state index contributed by atoms with van der Waals surface area (Å²) in [5, 5.41) is 1.12. The third-order valence-electron chi connectivity index (χ3n) is 3.28. The Hall–Kier alpha value is -2.53. The van der Waals surface area contributed by atoms with Crippen LogP contribution in [0.4, 0.5) is 0 Å². The number of fused-ring (bicyclic) bond motifs is 1. The van der Waals surface area contributed by atoms with Crippen molar-refractivity contribution in [3.05, 3.63) is 59.9 Å². The number of thiophene rings is 1. The molecule has 102 valence electrons. The highest BCUT2D eigenvalue weighted by atomic mass is 32.1. The van der Waals surface area contributed by atoms with Gasteiger partial charge in [0.15, 0.2) is 5.65 Å². The van der Waals surface area contributed by atoms with Crippen molar-refractivity contribution in [2.75, 3.05) is 0 Å². The summed E-state index contributed by atoms with van der Waals surface area (Å²) in [4.78, 5) is 14.7. The van der Waals surface area contributed by atoms with Crippen LogP contribution >= 0.6 is 11.3 Å². The Kier molecular flexibility index (Phi) is 2.79. The van der Waals surface area contributed by atoms with Gasteiger partial charge in [0.25, 0.3) is 0 Å². The SMILES string of the molecule is Cc1ccc(-n2c(-c3cccnc3)nc3cccnc32)s1. The Bertz CT molecular complexity index is 908. The zero-order valence-electron chi connectivity index (χ0n) is 11.4. The number of aromatic nitrogens is 4. The largest absolute Gasteiger partial charge is 0.267 e. The minimum atomic E-state index is 0.873. The Morgan fingerprint density at radius 2 is 1.95 bits per heavy atom. The van der Waals surface area contributed by atoms with E-state index in [2.05, 4.69) is 33.6 Å². The second-order valence-corrected chi connectivity index (χ2v) is 6.01. The Labute approximate surface area is 125 Å². The molecule has 4 nitrogen and oxygen atoms in total. The molecule has 0 N–H and O–H groups in total. The highest BCUT2D eigenvalue weighted by molar-refractivity contribution is 7.14. The summed E-state index contributed by atoms with van der Waals surface area (Å²) < 4.78 is 2.10. The van der Waals surface area contributed by atoms with Gasteiger partial charge in [0.05, 0.1) is 0 Å². The normalized spacial score (nSPS) is 11.1. The molecule has 5 heteroatoms. The average Bonchev–Trinajstić information content (AvgIpc) is 3.11. The standard InChI is InChI=1S/C16H12N4S/c1-11-6-7-14(21-11)20-15(12-4-2-8-17-10-12)19-13-5-3-9-18-16(13)20/h2-10H,1H3. The monoisotopic (exact) mass is 292 g/mol. The van der Waals surface area contributed by atoms with Gasteiger partial charge in [0.2, 0.25) is 0 Å². The van der Waals surface area contributed by atoms with Gasteiger partial charge < -0.3 is 0 Å². The van der Waals surface area contributed by atoms with Crippen LogP contribution in [0.5, 0.6) is 0 Å². The number of hydrogen-bond donors (Lipinski definition) is 0. The summed E-state index contributed by atoms with van der Waals surface area (Å²) >= 11 is 1.73. The summed E-state index contributed by atoms with van der Waals surface area (Å²) in [5.74, 6) is 0.874. The van der Waals surface area contributed by atoms with Gasteiger partial charge in [-0.3, -0.25) is 9.55 Å². The smallest absolute Gasteiger partial charge is 0.165 e. The van der Waals surface area contributed by atoms with Crippen LogP contribution in [0.25, 0.3) is 27.6 Å². The van der Waals surface area contributed by atoms with Crippen LogP contribution in [0.15, 0.2) is 55.0 Å². The second-order valence-electron chi connectivity index (χ2n) is 4.74. The van der Waals surface area contributed by atoms with Crippen molar-refractivity contribution < 1.29 is 0 Å². The lowest BCUT2D eigenvalue weighted by Gasteiger charge is -2.05. The summed E-state index contributed by atoms with van der Waals surface area (Å²) in [6.45, 7) is 2.10. The minimum absolute atomic E-state index is 0.873. The van der Waals surface area contributed by atoms with Gasteiger partial charge in [0.1, 0.15) is 16.3 Å². The van der Waals surface area contributed by atoms with Gasteiger partial charge in [-0.2, -0.15) is 0 Å². The van der Waals surface area contributed by atoms with Crippen LogP contribution in [0.3, 0.4) is 0 Å². The predicted octanol–water partition coefficient (Wildman–Crippen LogP) is 3.85. The predicted molar refractivity (Wildman–Crippen MR) is 84.7 cm³/mol. The van der Waals surface area contributed by atoms with Crippen LogP contribution < -0.4 is 0 Å². The van der Waals surface area contributed by atoms with Crippen molar-refractivity contribution in [3.8, 4) is 16.4 Å². The molecule has 0 spiro atoms. The van der Waals surface area contributed by atoms with Gasteiger partial charge in [-0.1, -0.05) is 0 Å². The van der Waals surface area contributed by atoms with Crippen LogP contribution in [-0.2, 0) is 0 Å². The van der Waals surface area contributed by atoms with Crippen molar-refractivity contribution in [2.24, 2.45) is 0 Å². The quantitative estimate of drug-likeness (QED) is 0.563. The third kappa shape index (κ3) is 2.02. The third-order valence-corrected chi connectivity index (χ3v) is 4.27. The van der Waals surface area contributed by atoms with Crippen molar-refractivity contribution in [2.45, 2.75) is 6.92 Å². The van der Waals surface area contributed by atoms with Gasteiger partial charge in [0, 0.05) is 29.0 Å². The summed E-state index contributed by atoms with van der Waals surface area (Å²) in [6.07, 6.45) is 5.40. The molecule has 0 aliphatic heterocycles. The lowest BCUT2D eigenvalue weighted by Crippen LogP contribution is -1.96. The first-order valence-electron chi connectivity index (χ1n) is 6.63. The highest BCUT2D eigenvalue weighted by Crippen LogP contribution is 2.30. The molecular formula is C16H12N4S. The van der Waals surface area contributed by atoms with Crippen molar-refractivity contribution in [3.63, 3.8) is 0 Å².